The van der Waals surface area contributed by atoms with Crippen molar-refractivity contribution in [1.29, 1.82) is 0 Å². The molecule has 0 aromatic heterocycles. The predicted octanol–water partition coefficient (Wildman–Crippen LogP) is 3.56. The molecule has 0 saturated heterocycles. The highest BCUT2D eigenvalue weighted by atomic mass is 16.3. The molecule has 0 aliphatic rings. The standard InChI is InChI=1S/C24H45N3O3/c1-5-7-9-11-13-15-23(29)25-21(3)19-27(17-18-28)20-22(4)26-24(30)16-14-12-10-8-6-2/h13-16,21-22,28H,5-12,17-20H2,1-4H3,(H,25,29)(H,26,30)/b15-13+,16-14+. The van der Waals surface area contributed by atoms with Crippen molar-refractivity contribution in [1.82, 2.24) is 15.5 Å². The molecule has 2 amide bonds. The number of hydrogen-bond acceptors (Lipinski definition) is 4. The van der Waals surface area contributed by atoms with Gasteiger partial charge in [-0.25, -0.2) is 0 Å². The first-order valence-electron chi connectivity index (χ1n) is 11.7. The Kier molecular flexibility index (Phi) is 18.2. The van der Waals surface area contributed by atoms with E-state index in [0.29, 0.717) is 19.6 Å². The van der Waals surface area contributed by atoms with Crippen LogP contribution in [0.4, 0.5) is 0 Å². The van der Waals surface area contributed by atoms with Crippen LogP contribution in [0, 0.1) is 0 Å². The summed E-state index contributed by atoms with van der Waals surface area (Å²) in [6, 6.07) is -0.101. The number of nitrogens with one attached hydrogen (secondary N) is 2. The van der Waals surface area contributed by atoms with Crippen LogP contribution in [0.1, 0.15) is 79.1 Å². The van der Waals surface area contributed by atoms with Gasteiger partial charge in [-0.3, -0.25) is 14.5 Å². The Morgan fingerprint density at radius 1 is 0.833 bits per heavy atom. The maximum Gasteiger partial charge on any atom is 0.243 e. The van der Waals surface area contributed by atoms with Crippen molar-refractivity contribution in [3.63, 3.8) is 0 Å². The molecule has 6 heteroatoms. The molecular weight excluding hydrogens is 378 g/mol. The topological polar surface area (TPSA) is 81.7 Å². The van der Waals surface area contributed by atoms with Crippen molar-refractivity contribution in [3.05, 3.63) is 24.3 Å². The van der Waals surface area contributed by atoms with Gasteiger partial charge in [-0.05, 0) is 51.7 Å². The normalized spacial score (nSPS) is 13.8. The Morgan fingerprint density at radius 3 is 1.63 bits per heavy atom. The summed E-state index contributed by atoms with van der Waals surface area (Å²) in [7, 11) is 0. The Balaban J connectivity index is 4.33. The lowest BCUT2D eigenvalue weighted by molar-refractivity contribution is -0.117. The summed E-state index contributed by atoms with van der Waals surface area (Å²) in [5, 5.41) is 15.3. The lowest BCUT2D eigenvalue weighted by Gasteiger charge is -2.28. The SMILES string of the molecule is CCCCC/C=C/C(=O)NC(C)CN(CCO)CC(C)NC(=O)/C=C/CCCCC. The minimum atomic E-state index is -0.0856. The fourth-order valence-electron chi connectivity index (χ4n) is 3.25. The number of nitrogens with zero attached hydrogens (tertiary/aromatic N) is 1. The van der Waals surface area contributed by atoms with Gasteiger partial charge in [0.05, 0.1) is 6.61 Å². The number of unbranched alkanes of at least 4 members (excludes halogenated alkanes) is 6. The summed E-state index contributed by atoms with van der Waals surface area (Å²) >= 11 is 0. The van der Waals surface area contributed by atoms with Crippen molar-refractivity contribution < 1.29 is 14.7 Å². The first-order valence-corrected chi connectivity index (χ1v) is 11.7. The van der Waals surface area contributed by atoms with E-state index in [9.17, 15) is 14.7 Å². The number of rotatable bonds is 18. The van der Waals surface area contributed by atoms with Crippen LogP contribution in [0.3, 0.4) is 0 Å². The van der Waals surface area contributed by atoms with Gasteiger partial charge < -0.3 is 15.7 Å². The van der Waals surface area contributed by atoms with Crippen molar-refractivity contribution in [2.24, 2.45) is 0 Å². The predicted molar refractivity (Wildman–Crippen MR) is 125 cm³/mol. The number of amides is 2. The Morgan fingerprint density at radius 2 is 1.27 bits per heavy atom. The van der Waals surface area contributed by atoms with Crippen molar-refractivity contribution >= 4 is 11.8 Å². The number of aliphatic hydroxyl groups is 1. The van der Waals surface area contributed by atoms with Gasteiger partial charge in [-0.1, -0.05) is 51.7 Å². The molecule has 2 atom stereocenters. The van der Waals surface area contributed by atoms with E-state index in [4.69, 9.17) is 0 Å². The fraction of sp³-hybridized carbons (Fsp3) is 0.750. The van der Waals surface area contributed by atoms with Crippen molar-refractivity contribution in [2.75, 3.05) is 26.2 Å². The quantitative estimate of drug-likeness (QED) is 0.233. The van der Waals surface area contributed by atoms with Crippen LogP contribution in [0.15, 0.2) is 24.3 Å². The molecule has 0 rings (SSSR count). The second-order valence-electron chi connectivity index (χ2n) is 8.10. The Bertz CT molecular complexity index is 464. The summed E-state index contributed by atoms with van der Waals surface area (Å²) in [5.74, 6) is -0.171. The van der Waals surface area contributed by atoms with Crippen molar-refractivity contribution in [3.8, 4) is 0 Å². The first-order chi connectivity index (χ1) is 14.4. The van der Waals surface area contributed by atoms with E-state index >= 15 is 0 Å². The van der Waals surface area contributed by atoms with Crippen LogP contribution in [0.2, 0.25) is 0 Å². The Hall–Kier alpha value is -1.66. The third-order valence-corrected chi connectivity index (χ3v) is 4.74. The van der Waals surface area contributed by atoms with Crippen LogP contribution >= 0.6 is 0 Å². The third-order valence-electron chi connectivity index (χ3n) is 4.74. The van der Waals surface area contributed by atoms with Gasteiger partial charge in [0.2, 0.25) is 11.8 Å². The minimum Gasteiger partial charge on any atom is -0.395 e. The molecule has 0 fully saturated rings. The van der Waals surface area contributed by atoms with Gasteiger partial charge >= 0.3 is 0 Å². The van der Waals surface area contributed by atoms with Gasteiger partial charge in [0.1, 0.15) is 0 Å². The molecule has 0 aliphatic heterocycles. The van der Waals surface area contributed by atoms with E-state index in [0.717, 1.165) is 25.7 Å². The Labute approximate surface area is 184 Å². The van der Waals surface area contributed by atoms with Crippen LogP contribution in [0.5, 0.6) is 0 Å². The maximum absolute atomic E-state index is 12.0. The summed E-state index contributed by atoms with van der Waals surface area (Å²) in [4.78, 5) is 26.1. The molecule has 0 aliphatic carbocycles. The molecule has 0 saturated carbocycles. The maximum atomic E-state index is 12.0. The molecule has 0 radical (unpaired) electrons. The highest BCUT2D eigenvalue weighted by Crippen LogP contribution is 2.01. The van der Waals surface area contributed by atoms with E-state index < -0.39 is 0 Å². The smallest absolute Gasteiger partial charge is 0.243 e. The summed E-state index contributed by atoms with van der Waals surface area (Å²) in [6.45, 7) is 9.99. The highest BCUT2D eigenvalue weighted by Gasteiger charge is 2.15. The molecule has 2 unspecified atom stereocenters. The second kappa shape index (κ2) is 19.3. The molecule has 174 valence electrons. The van der Waals surface area contributed by atoms with Gasteiger partial charge in [-0.15, -0.1) is 0 Å². The number of carbonyl (C=O) groups is 2. The largest absolute Gasteiger partial charge is 0.395 e. The molecule has 30 heavy (non-hydrogen) atoms. The van der Waals surface area contributed by atoms with Crippen molar-refractivity contribution in [2.45, 2.75) is 91.1 Å². The zero-order valence-corrected chi connectivity index (χ0v) is 19.7. The second-order valence-corrected chi connectivity index (χ2v) is 8.10. The third kappa shape index (κ3) is 17.2. The summed E-state index contributed by atoms with van der Waals surface area (Å²) in [5.41, 5.74) is 0. The van der Waals surface area contributed by atoms with Crippen LogP contribution in [-0.2, 0) is 9.59 Å². The average Bonchev–Trinajstić information content (AvgIpc) is 2.67. The van der Waals surface area contributed by atoms with Crippen LogP contribution in [-0.4, -0.2) is 60.1 Å². The van der Waals surface area contributed by atoms with E-state index in [1.165, 1.54) is 25.7 Å². The molecule has 0 spiro atoms. The molecule has 6 nitrogen and oxygen atoms in total. The molecule has 3 N–H and O–H groups in total. The summed E-state index contributed by atoms with van der Waals surface area (Å²) in [6.07, 6.45) is 15.9. The molecule has 0 bridgehead atoms. The molecule has 0 heterocycles. The zero-order chi connectivity index (χ0) is 22.6. The number of hydrogen-bond donors (Lipinski definition) is 3. The van der Waals surface area contributed by atoms with Gasteiger partial charge in [0.25, 0.3) is 0 Å². The van der Waals surface area contributed by atoms with Gasteiger partial charge in [0, 0.05) is 31.7 Å². The van der Waals surface area contributed by atoms with Crippen LogP contribution < -0.4 is 10.6 Å². The molecule has 0 aromatic rings. The van der Waals surface area contributed by atoms with E-state index in [1.807, 2.05) is 26.0 Å². The number of carbonyl (C=O) groups excluding carboxylic acids is 2. The average molecular weight is 424 g/mol. The van der Waals surface area contributed by atoms with E-state index in [1.54, 1.807) is 12.2 Å². The molecule has 0 aromatic carbocycles. The number of aliphatic hydroxyl groups excluding tert-OH is 1. The fourth-order valence-corrected chi connectivity index (χ4v) is 3.25. The molecular formula is C24H45N3O3. The lowest BCUT2D eigenvalue weighted by atomic mass is 10.2. The highest BCUT2D eigenvalue weighted by molar-refractivity contribution is 5.88. The van der Waals surface area contributed by atoms with Gasteiger partial charge in [0.15, 0.2) is 0 Å². The first kappa shape index (κ1) is 28.3. The van der Waals surface area contributed by atoms with Crippen LogP contribution in [0.25, 0.3) is 0 Å². The number of allylic oxidation sites excluding steroid dienone is 2. The summed E-state index contributed by atoms with van der Waals surface area (Å²) < 4.78 is 0. The monoisotopic (exact) mass is 423 g/mol. The zero-order valence-electron chi connectivity index (χ0n) is 19.7. The lowest BCUT2D eigenvalue weighted by Crippen LogP contribution is -2.47. The van der Waals surface area contributed by atoms with E-state index in [2.05, 4.69) is 29.4 Å². The minimum absolute atomic E-state index is 0.0377. The van der Waals surface area contributed by atoms with E-state index in [-0.39, 0.29) is 30.5 Å². The van der Waals surface area contributed by atoms with Gasteiger partial charge in [-0.2, -0.15) is 0 Å².